The van der Waals surface area contributed by atoms with E-state index in [9.17, 15) is 13.6 Å². The fraction of sp³-hybridized carbons (Fsp3) is 0.133. The zero-order valence-electron chi connectivity index (χ0n) is 11.1. The van der Waals surface area contributed by atoms with Gasteiger partial charge in [0.05, 0.1) is 12.8 Å². The summed E-state index contributed by atoms with van der Waals surface area (Å²) >= 11 is 5.95. The molecule has 0 aliphatic rings. The third-order valence-corrected chi connectivity index (χ3v) is 3.23. The molecule has 0 saturated heterocycles. The van der Waals surface area contributed by atoms with Gasteiger partial charge in [0, 0.05) is 10.6 Å². The van der Waals surface area contributed by atoms with Gasteiger partial charge in [-0.25, -0.2) is 13.6 Å². The summed E-state index contributed by atoms with van der Waals surface area (Å²) in [6, 6.07) is 8.52. The Hall–Kier alpha value is -2.14. The van der Waals surface area contributed by atoms with E-state index in [-0.39, 0.29) is 16.3 Å². The molecule has 0 fully saturated rings. The van der Waals surface area contributed by atoms with E-state index in [4.69, 9.17) is 11.6 Å². The molecular weight excluding hydrogens is 300 g/mol. The molecule has 0 spiro atoms. The van der Waals surface area contributed by atoms with E-state index in [0.717, 1.165) is 7.11 Å². The topological polar surface area (TPSA) is 38.3 Å². The Kier molecular flexibility index (Phi) is 4.75. The second-order valence-corrected chi connectivity index (χ2v) is 4.62. The first-order chi connectivity index (χ1) is 10.0. The van der Waals surface area contributed by atoms with Gasteiger partial charge in [0.1, 0.15) is 11.6 Å². The van der Waals surface area contributed by atoms with Crippen LogP contribution in [0.2, 0.25) is 5.02 Å². The van der Waals surface area contributed by atoms with E-state index in [1.807, 2.05) is 0 Å². The van der Waals surface area contributed by atoms with Crippen molar-refractivity contribution in [3.05, 3.63) is 64.7 Å². The molecule has 0 saturated carbocycles. The molecule has 2 aromatic carbocycles. The molecule has 3 nitrogen and oxygen atoms in total. The quantitative estimate of drug-likeness (QED) is 0.869. The van der Waals surface area contributed by atoms with Gasteiger partial charge in [-0.15, -0.1) is 0 Å². The maximum atomic E-state index is 14.0. The summed E-state index contributed by atoms with van der Waals surface area (Å²) in [5.41, 5.74) is -0.0403. The first kappa shape index (κ1) is 15.3. The summed E-state index contributed by atoms with van der Waals surface area (Å²) in [4.78, 5) is 11.9. The SMILES string of the molecule is COC(=O)C(Nc1ccccc1F)c1c(F)cccc1Cl. The van der Waals surface area contributed by atoms with Crippen LogP contribution in [-0.2, 0) is 9.53 Å². The monoisotopic (exact) mass is 311 g/mol. The lowest BCUT2D eigenvalue weighted by molar-refractivity contribution is -0.141. The molecule has 2 rings (SSSR count). The number of carbonyl (C=O) groups is 1. The van der Waals surface area contributed by atoms with Crippen molar-refractivity contribution in [2.75, 3.05) is 12.4 Å². The maximum absolute atomic E-state index is 14.0. The minimum absolute atomic E-state index is 0.0484. The third kappa shape index (κ3) is 3.31. The summed E-state index contributed by atoms with van der Waals surface area (Å²) in [7, 11) is 1.16. The van der Waals surface area contributed by atoms with Crippen LogP contribution in [0.4, 0.5) is 14.5 Å². The molecule has 6 heteroatoms. The van der Waals surface area contributed by atoms with Crippen LogP contribution in [0.1, 0.15) is 11.6 Å². The number of nitrogens with one attached hydrogen (secondary N) is 1. The Balaban J connectivity index is 2.45. The lowest BCUT2D eigenvalue weighted by Gasteiger charge is -2.20. The predicted molar refractivity (Wildman–Crippen MR) is 76.2 cm³/mol. The van der Waals surface area contributed by atoms with E-state index in [0.29, 0.717) is 0 Å². The molecule has 0 aliphatic carbocycles. The fourth-order valence-electron chi connectivity index (χ4n) is 1.89. The minimum atomic E-state index is -1.25. The number of anilines is 1. The lowest BCUT2D eigenvalue weighted by atomic mass is 10.1. The summed E-state index contributed by atoms with van der Waals surface area (Å²) in [6.45, 7) is 0. The van der Waals surface area contributed by atoms with Crippen molar-refractivity contribution in [2.24, 2.45) is 0 Å². The van der Waals surface area contributed by atoms with Gasteiger partial charge >= 0.3 is 5.97 Å². The van der Waals surface area contributed by atoms with Gasteiger partial charge in [-0.1, -0.05) is 29.8 Å². The molecule has 110 valence electrons. The molecule has 2 aromatic rings. The maximum Gasteiger partial charge on any atom is 0.333 e. The molecule has 0 bridgehead atoms. The van der Waals surface area contributed by atoms with Crippen LogP contribution in [0.15, 0.2) is 42.5 Å². The number of para-hydroxylation sites is 1. The summed E-state index contributed by atoms with van der Waals surface area (Å²) in [5, 5.41) is 2.67. The van der Waals surface area contributed by atoms with Crippen molar-refractivity contribution in [2.45, 2.75) is 6.04 Å². The first-order valence-corrected chi connectivity index (χ1v) is 6.45. The van der Waals surface area contributed by atoms with Crippen LogP contribution in [0.3, 0.4) is 0 Å². The van der Waals surface area contributed by atoms with Gasteiger partial charge in [-0.3, -0.25) is 0 Å². The number of methoxy groups -OCH3 is 1. The zero-order valence-corrected chi connectivity index (χ0v) is 11.8. The number of carbonyl (C=O) groups excluding carboxylic acids is 1. The van der Waals surface area contributed by atoms with Gasteiger partial charge in [-0.05, 0) is 24.3 Å². The van der Waals surface area contributed by atoms with Crippen molar-refractivity contribution < 1.29 is 18.3 Å². The Morgan fingerprint density at radius 2 is 1.81 bits per heavy atom. The standard InChI is InChI=1S/C15H12ClF2NO2/c1-21-15(20)14(13-9(16)5-4-7-11(13)18)19-12-8-3-2-6-10(12)17/h2-8,14,19H,1H3. The van der Waals surface area contributed by atoms with Gasteiger partial charge in [0.15, 0.2) is 6.04 Å². The van der Waals surface area contributed by atoms with E-state index in [1.54, 1.807) is 6.07 Å². The molecule has 0 heterocycles. The van der Waals surface area contributed by atoms with E-state index < -0.39 is 23.6 Å². The minimum Gasteiger partial charge on any atom is -0.467 e. The second kappa shape index (κ2) is 6.54. The van der Waals surface area contributed by atoms with Crippen LogP contribution < -0.4 is 5.32 Å². The molecule has 0 aliphatic heterocycles. The summed E-state index contributed by atoms with van der Waals surface area (Å²) < 4.78 is 32.3. The lowest BCUT2D eigenvalue weighted by Crippen LogP contribution is -2.24. The number of hydrogen-bond donors (Lipinski definition) is 1. The van der Waals surface area contributed by atoms with E-state index in [1.165, 1.54) is 36.4 Å². The molecule has 1 N–H and O–H groups in total. The Labute approximate surface area is 125 Å². The normalized spacial score (nSPS) is 11.8. The Morgan fingerprint density at radius 1 is 1.14 bits per heavy atom. The number of esters is 1. The second-order valence-electron chi connectivity index (χ2n) is 4.22. The van der Waals surface area contributed by atoms with Gasteiger partial charge in [0.25, 0.3) is 0 Å². The number of hydrogen-bond acceptors (Lipinski definition) is 3. The molecule has 0 radical (unpaired) electrons. The highest BCUT2D eigenvalue weighted by Gasteiger charge is 2.27. The first-order valence-electron chi connectivity index (χ1n) is 6.07. The van der Waals surface area contributed by atoms with Crippen molar-refractivity contribution in [1.82, 2.24) is 0 Å². The molecular formula is C15H12ClF2NO2. The van der Waals surface area contributed by atoms with Gasteiger partial charge in [-0.2, -0.15) is 0 Å². The molecule has 21 heavy (non-hydrogen) atoms. The van der Waals surface area contributed by atoms with Crippen LogP contribution in [0.25, 0.3) is 0 Å². The van der Waals surface area contributed by atoms with Crippen LogP contribution in [0, 0.1) is 11.6 Å². The van der Waals surface area contributed by atoms with Crippen LogP contribution >= 0.6 is 11.6 Å². The largest absolute Gasteiger partial charge is 0.467 e. The predicted octanol–water partition coefficient (Wildman–Crippen LogP) is 3.94. The number of benzene rings is 2. The Morgan fingerprint density at radius 3 is 2.43 bits per heavy atom. The zero-order chi connectivity index (χ0) is 15.4. The summed E-state index contributed by atoms with van der Waals surface area (Å²) in [6.07, 6.45) is 0. The van der Waals surface area contributed by atoms with Gasteiger partial charge in [0.2, 0.25) is 0 Å². The average molecular weight is 312 g/mol. The van der Waals surface area contributed by atoms with Gasteiger partial charge < -0.3 is 10.1 Å². The van der Waals surface area contributed by atoms with Crippen molar-refractivity contribution >= 4 is 23.3 Å². The molecule has 0 amide bonds. The molecule has 1 unspecified atom stereocenters. The highest BCUT2D eigenvalue weighted by molar-refractivity contribution is 6.31. The molecule has 1 atom stereocenters. The highest BCUT2D eigenvalue weighted by atomic mass is 35.5. The van der Waals surface area contributed by atoms with Crippen LogP contribution in [-0.4, -0.2) is 13.1 Å². The van der Waals surface area contributed by atoms with Crippen molar-refractivity contribution in [1.29, 1.82) is 0 Å². The fourth-order valence-corrected chi connectivity index (χ4v) is 2.16. The number of rotatable bonds is 4. The smallest absolute Gasteiger partial charge is 0.333 e. The molecule has 0 aromatic heterocycles. The number of halogens is 3. The van der Waals surface area contributed by atoms with E-state index >= 15 is 0 Å². The average Bonchev–Trinajstić information content (AvgIpc) is 2.47. The summed E-state index contributed by atoms with van der Waals surface area (Å²) in [5.74, 6) is -2.02. The third-order valence-electron chi connectivity index (χ3n) is 2.90. The van der Waals surface area contributed by atoms with Crippen molar-refractivity contribution in [3.8, 4) is 0 Å². The van der Waals surface area contributed by atoms with Crippen LogP contribution in [0.5, 0.6) is 0 Å². The van der Waals surface area contributed by atoms with Crippen molar-refractivity contribution in [3.63, 3.8) is 0 Å². The Bertz CT molecular complexity index is 644. The highest BCUT2D eigenvalue weighted by Crippen LogP contribution is 2.30. The van der Waals surface area contributed by atoms with E-state index in [2.05, 4.69) is 10.1 Å². The number of ether oxygens (including phenoxy) is 1.